The number of carboxylic acids is 1. The van der Waals surface area contributed by atoms with Crippen molar-refractivity contribution in [3.63, 3.8) is 0 Å². The van der Waals surface area contributed by atoms with Crippen molar-refractivity contribution in [2.75, 3.05) is 0 Å². The van der Waals surface area contributed by atoms with Gasteiger partial charge in [-0.05, 0) is 77.4 Å². The van der Waals surface area contributed by atoms with E-state index in [-0.39, 0.29) is 12.0 Å². The first kappa shape index (κ1) is 26.9. The van der Waals surface area contributed by atoms with Crippen LogP contribution in [0.2, 0.25) is 0 Å². The maximum Gasteiger partial charge on any atom is 0.416 e. The highest BCUT2D eigenvalue weighted by Gasteiger charge is 2.30. The number of aliphatic carboxylic acids is 1. The summed E-state index contributed by atoms with van der Waals surface area (Å²) in [4.78, 5) is 24.4. The molecule has 4 rings (SSSR count). The molecule has 0 bridgehead atoms. The minimum Gasteiger partial charge on any atom is -0.481 e. The fourth-order valence-corrected chi connectivity index (χ4v) is 3.84. The predicted octanol–water partition coefficient (Wildman–Crippen LogP) is 6.98. The molecular weight excluding hydrogens is 509 g/mol. The van der Waals surface area contributed by atoms with Crippen molar-refractivity contribution < 1.29 is 32.6 Å². The number of benzene rings is 4. The van der Waals surface area contributed by atoms with E-state index in [1.54, 1.807) is 60.7 Å². The number of nitriles is 1. The second kappa shape index (κ2) is 11.5. The lowest BCUT2D eigenvalue weighted by Crippen LogP contribution is -2.30. The highest BCUT2D eigenvalue weighted by Crippen LogP contribution is 2.31. The SMILES string of the molecule is N#Cc1ccc(Oc2ccc(C(CC(=O)O)NC(=O)c3ccc(-c4ccc(C(F)(F)F)cc4)cc3)cc2)cc1. The summed E-state index contributed by atoms with van der Waals surface area (Å²) >= 11 is 0. The van der Waals surface area contributed by atoms with Gasteiger partial charge in [-0.15, -0.1) is 0 Å². The molecule has 39 heavy (non-hydrogen) atoms. The molecule has 1 unspecified atom stereocenters. The number of halogens is 3. The lowest BCUT2D eigenvalue weighted by Gasteiger charge is -2.18. The summed E-state index contributed by atoms with van der Waals surface area (Å²) in [5.41, 5.74) is 1.75. The Morgan fingerprint density at radius 1 is 0.821 bits per heavy atom. The van der Waals surface area contributed by atoms with Crippen LogP contribution in [0.15, 0.2) is 97.1 Å². The van der Waals surface area contributed by atoms with Crippen LogP contribution in [0, 0.1) is 11.3 Å². The van der Waals surface area contributed by atoms with E-state index in [0.717, 1.165) is 12.1 Å². The first-order valence-electron chi connectivity index (χ1n) is 11.7. The molecule has 0 aliphatic carbocycles. The number of carbonyl (C=O) groups is 2. The quantitative estimate of drug-likeness (QED) is 0.256. The Morgan fingerprint density at radius 2 is 1.33 bits per heavy atom. The maximum absolute atomic E-state index is 12.9. The van der Waals surface area contributed by atoms with Crippen LogP contribution in [0.5, 0.6) is 11.5 Å². The van der Waals surface area contributed by atoms with Gasteiger partial charge in [0.25, 0.3) is 5.91 Å². The summed E-state index contributed by atoms with van der Waals surface area (Å²) in [6, 6.07) is 25.3. The summed E-state index contributed by atoms with van der Waals surface area (Å²) < 4.78 is 44.2. The van der Waals surface area contributed by atoms with E-state index in [9.17, 15) is 27.9 Å². The number of nitrogens with zero attached hydrogens (tertiary/aromatic N) is 1. The van der Waals surface area contributed by atoms with Gasteiger partial charge in [-0.3, -0.25) is 9.59 Å². The third kappa shape index (κ3) is 7.02. The molecule has 1 amide bonds. The highest BCUT2D eigenvalue weighted by atomic mass is 19.4. The first-order valence-corrected chi connectivity index (χ1v) is 11.7. The van der Waals surface area contributed by atoms with Gasteiger partial charge in [0, 0.05) is 5.56 Å². The number of carbonyl (C=O) groups excluding carboxylic acids is 1. The number of hydrogen-bond acceptors (Lipinski definition) is 4. The summed E-state index contributed by atoms with van der Waals surface area (Å²) in [5.74, 6) is -0.589. The van der Waals surface area contributed by atoms with Crippen molar-refractivity contribution in [3.8, 4) is 28.7 Å². The summed E-state index contributed by atoms with van der Waals surface area (Å²) in [6.45, 7) is 0. The van der Waals surface area contributed by atoms with E-state index in [2.05, 4.69) is 5.32 Å². The smallest absolute Gasteiger partial charge is 0.416 e. The molecule has 0 radical (unpaired) electrons. The normalized spacial score (nSPS) is 11.7. The minimum absolute atomic E-state index is 0.266. The molecule has 2 N–H and O–H groups in total. The zero-order valence-electron chi connectivity index (χ0n) is 20.3. The third-order valence-electron chi connectivity index (χ3n) is 5.88. The molecule has 0 saturated carbocycles. The molecule has 4 aromatic rings. The molecule has 0 heterocycles. The molecule has 0 aromatic heterocycles. The summed E-state index contributed by atoms with van der Waals surface area (Å²) in [7, 11) is 0. The van der Waals surface area contributed by atoms with Gasteiger partial charge < -0.3 is 15.2 Å². The lowest BCUT2D eigenvalue weighted by molar-refractivity contribution is -0.138. The van der Waals surface area contributed by atoms with E-state index < -0.39 is 29.7 Å². The maximum atomic E-state index is 12.9. The molecular formula is C30H21F3N2O4. The average molecular weight is 531 g/mol. The van der Waals surface area contributed by atoms with Crippen LogP contribution in [0.1, 0.15) is 39.5 Å². The molecule has 0 saturated heterocycles. The van der Waals surface area contributed by atoms with Crippen molar-refractivity contribution >= 4 is 11.9 Å². The predicted molar refractivity (Wildman–Crippen MR) is 137 cm³/mol. The van der Waals surface area contributed by atoms with Gasteiger partial charge in [-0.1, -0.05) is 36.4 Å². The van der Waals surface area contributed by atoms with Gasteiger partial charge in [0.1, 0.15) is 11.5 Å². The van der Waals surface area contributed by atoms with Crippen LogP contribution >= 0.6 is 0 Å². The number of rotatable bonds is 8. The van der Waals surface area contributed by atoms with Gasteiger partial charge in [-0.2, -0.15) is 18.4 Å². The van der Waals surface area contributed by atoms with Crippen molar-refractivity contribution in [1.29, 1.82) is 5.26 Å². The van der Waals surface area contributed by atoms with Gasteiger partial charge in [0.15, 0.2) is 0 Å². The average Bonchev–Trinajstić information content (AvgIpc) is 2.93. The minimum atomic E-state index is -4.43. The highest BCUT2D eigenvalue weighted by molar-refractivity contribution is 5.95. The fraction of sp³-hybridized carbons (Fsp3) is 0.100. The Kier molecular flexibility index (Phi) is 7.96. The van der Waals surface area contributed by atoms with Crippen LogP contribution < -0.4 is 10.1 Å². The number of ether oxygens (including phenoxy) is 1. The number of alkyl halides is 3. The molecule has 0 aliphatic rings. The Bertz CT molecular complexity index is 1490. The van der Waals surface area contributed by atoms with Crippen molar-refractivity contribution in [2.45, 2.75) is 18.6 Å². The summed E-state index contributed by atoms with van der Waals surface area (Å²) in [6.07, 6.45) is -4.78. The lowest BCUT2D eigenvalue weighted by atomic mass is 10.0. The Morgan fingerprint density at radius 3 is 1.82 bits per heavy atom. The number of amides is 1. The van der Waals surface area contributed by atoms with Crippen molar-refractivity contribution in [3.05, 3.63) is 119 Å². The van der Waals surface area contributed by atoms with E-state index in [1.807, 2.05) is 6.07 Å². The van der Waals surface area contributed by atoms with Gasteiger partial charge in [0.2, 0.25) is 0 Å². The summed E-state index contributed by atoms with van der Waals surface area (Å²) in [5, 5.41) is 21.0. The van der Waals surface area contributed by atoms with Gasteiger partial charge >= 0.3 is 12.1 Å². The Hall–Kier alpha value is -5.10. The molecule has 4 aromatic carbocycles. The Labute approximate surface area is 221 Å². The molecule has 9 heteroatoms. The van der Waals surface area contributed by atoms with Crippen LogP contribution in [-0.4, -0.2) is 17.0 Å². The van der Waals surface area contributed by atoms with Gasteiger partial charge in [-0.25, -0.2) is 0 Å². The topological polar surface area (TPSA) is 99.4 Å². The monoisotopic (exact) mass is 530 g/mol. The van der Waals surface area contributed by atoms with E-state index in [1.165, 1.54) is 24.3 Å². The van der Waals surface area contributed by atoms with Crippen molar-refractivity contribution in [2.24, 2.45) is 0 Å². The fourth-order valence-electron chi connectivity index (χ4n) is 3.84. The van der Waals surface area contributed by atoms with Crippen LogP contribution in [0.3, 0.4) is 0 Å². The second-order valence-electron chi connectivity index (χ2n) is 8.58. The van der Waals surface area contributed by atoms with E-state index in [4.69, 9.17) is 10.00 Å². The molecule has 1 atom stereocenters. The van der Waals surface area contributed by atoms with E-state index >= 15 is 0 Å². The zero-order valence-corrected chi connectivity index (χ0v) is 20.3. The molecule has 0 aliphatic heterocycles. The zero-order chi connectivity index (χ0) is 28.0. The Balaban J connectivity index is 1.45. The largest absolute Gasteiger partial charge is 0.481 e. The molecule has 0 fully saturated rings. The number of nitrogens with one attached hydrogen (secondary N) is 1. The first-order chi connectivity index (χ1) is 18.6. The van der Waals surface area contributed by atoms with E-state index in [0.29, 0.717) is 33.8 Å². The number of carboxylic acid groups (broad SMARTS) is 1. The van der Waals surface area contributed by atoms with Crippen molar-refractivity contribution in [1.82, 2.24) is 5.32 Å². The molecule has 0 spiro atoms. The van der Waals surface area contributed by atoms with Gasteiger partial charge in [0.05, 0.1) is 29.7 Å². The second-order valence-corrected chi connectivity index (χ2v) is 8.58. The third-order valence-corrected chi connectivity index (χ3v) is 5.88. The van der Waals surface area contributed by atoms with Crippen LogP contribution in [-0.2, 0) is 11.0 Å². The van der Waals surface area contributed by atoms with Crippen LogP contribution in [0.25, 0.3) is 11.1 Å². The van der Waals surface area contributed by atoms with Crippen LogP contribution in [0.4, 0.5) is 13.2 Å². The number of hydrogen-bond donors (Lipinski definition) is 2. The molecule has 196 valence electrons. The molecule has 6 nitrogen and oxygen atoms in total. The standard InChI is InChI=1S/C30H21F3N2O4/c31-30(32,33)24-11-7-21(8-12-24)20-3-5-23(6-4-20)29(38)35-27(17-28(36)37)22-9-15-26(16-10-22)39-25-13-1-19(18-34)2-14-25/h1-16,27H,17H2,(H,35,38)(H,36,37).